The first-order valence-electron chi connectivity index (χ1n) is 13.3. The Balaban J connectivity index is 1.35. The lowest BCUT2D eigenvalue weighted by Crippen LogP contribution is -2.39. The molecule has 0 bridgehead atoms. The van der Waals surface area contributed by atoms with Crippen LogP contribution in [-0.4, -0.2) is 76.7 Å². The lowest BCUT2D eigenvalue weighted by molar-refractivity contribution is -0.152. The minimum atomic E-state index is -0.539. The molecule has 3 aromatic rings. The molecule has 39 heavy (non-hydrogen) atoms. The molecule has 9 nitrogen and oxygen atoms in total. The van der Waals surface area contributed by atoms with Crippen molar-refractivity contribution in [1.29, 1.82) is 0 Å². The van der Waals surface area contributed by atoms with Gasteiger partial charge in [0.05, 0.1) is 29.3 Å². The Morgan fingerprint density at radius 1 is 1.15 bits per heavy atom. The van der Waals surface area contributed by atoms with Crippen LogP contribution in [0.25, 0.3) is 28.6 Å². The maximum absolute atomic E-state index is 12.9. The highest BCUT2D eigenvalue weighted by atomic mass is 16.5. The molecule has 1 aromatic carbocycles. The normalized spacial score (nSPS) is 17.1. The third kappa shape index (κ3) is 5.79. The number of esters is 1. The van der Waals surface area contributed by atoms with Crippen molar-refractivity contribution in [1.82, 2.24) is 19.9 Å². The van der Waals surface area contributed by atoms with E-state index in [0.29, 0.717) is 12.3 Å². The average molecular weight is 530 g/mol. The number of ether oxygens (including phenoxy) is 2. The topological polar surface area (TPSA) is 113 Å². The molecule has 2 aromatic heterocycles. The van der Waals surface area contributed by atoms with Gasteiger partial charge in [-0.3, -0.25) is 9.78 Å². The number of carbonyl (C=O) groups excluding carboxylic acids is 1. The van der Waals surface area contributed by atoms with E-state index in [0.717, 1.165) is 71.9 Å². The third-order valence-electron chi connectivity index (χ3n) is 7.55. The molecule has 0 atom stereocenters. The lowest BCUT2D eigenvalue weighted by atomic mass is 9.93. The number of H-pyrrole nitrogens is 1. The number of nitrogens with zero attached hydrogens (tertiary/aromatic N) is 4. The maximum Gasteiger partial charge on any atom is 0.309 e. The fourth-order valence-corrected chi connectivity index (χ4v) is 5.11. The molecule has 1 saturated heterocycles. The Morgan fingerprint density at radius 3 is 2.64 bits per heavy atom. The van der Waals surface area contributed by atoms with Crippen molar-refractivity contribution >= 4 is 17.8 Å². The van der Waals surface area contributed by atoms with Gasteiger partial charge in [0, 0.05) is 42.7 Å². The van der Waals surface area contributed by atoms with Crippen LogP contribution in [0, 0.1) is 5.92 Å². The Bertz CT molecular complexity index is 1370. The van der Waals surface area contributed by atoms with E-state index in [4.69, 9.17) is 14.5 Å². The number of benzene rings is 1. The number of carbonyl (C=O) groups is 1. The summed E-state index contributed by atoms with van der Waals surface area (Å²) in [5.74, 6) is 0.522. The summed E-state index contributed by atoms with van der Waals surface area (Å²) < 4.78 is 11.0. The average Bonchev–Trinajstić information content (AvgIpc) is 3.60. The Morgan fingerprint density at radius 2 is 1.92 bits per heavy atom. The van der Waals surface area contributed by atoms with Crippen LogP contribution in [-0.2, 0) is 19.7 Å². The summed E-state index contributed by atoms with van der Waals surface area (Å²) in [6.45, 7) is 7.64. The van der Waals surface area contributed by atoms with Crippen molar-refractivity contribution < 1.29 is 19.5 Å². The Labute approximate surface area is 228 Å². The fraction of sp³-hybridized carbons (Fsp3) is 0.400. The monoisotopic (exact) mass is 529 g/mol. The number of hydrogen-bond donors (Lipinski definition) is 2. The minimum absolute atomic E-state index is 0.0778. The standard InChI is InChI=1S/C30H35N5O4/c1-30(2,19-39-28(36)21-10-14-35(15-11-21)16-17-38-3)29-32-26(20-8-12-31-13-9-20)27(33-29)23-4-6-24-22(18-23)5-7-25(24)34-37/h4-9,12-13,18,21,37H,10-11,14-17,19H2,1-3H3,(H,32,33). The Kier molecular flexibility index (Phi) is 7.90. The minimum Gasteiger partial charge on any atom is -0.464 e. The molecule has 1 aliphatic carbocycles. The van der Waals surface area contributed by atoms with Crippen molar-refractivity contribution in [2.24, 2.45) is 11.1 Å². The number of rotatable bonds is 9. The number of pyridine rings is 1. The number of imidazole rings is 1. The van der Waals surface area contributed by atoms with Gasteiger partial charge >= 0.3 is 5.97 Å². The van der Waals surface area contributed by atoms with Gasteiger partial charge in [-0.2, -0.15) is 0 Å². The van der Waals surface area contributed by atoms with Gasteiger partial charge in [-0.05, 0) is 69.6 Å². The van der Waals surface area contributed by atoms with E-state index in [1.807, 2.05) is 44.2 Å². The molecule has 1 fully saturated rings. The highest BCUT2D eigenvalue weighted by molar-refractivity contribution is 6.17. The molecular formula is C30H35N5O4. The van der Waals surface area contributed by atoms with E-state index < -0.39 is 5.41 Å². The molecule has 0 saturated carbocycles. The molecule has 0 unspecified atom stereocenters. The molecule has 0 radical (unpaired) electrons. The van der Waals surface area contributed by atoms with E-state index in [-0.39, 0.29) is 18.5 Å². The number of oxime groups is 1. The van der Waals surface area contributed by atoms with Crippen LogP contribution in [0.3, 0.4) is 0 Å². The number of hydrogen-bond acceptors (Lipinski definition) is 8. The first kappa shape index (κ1) is 26.8. The van der Waals surface area contributed by atoms with E-state index in [2.05, 4.69) is 26.1 Å². The summed E-state index contributed by atoms with van der Waals surface area (Å²) in [6.07, 6.45) is 8.82. The number of aromatic nitrogens is 3. The van der Waals surface area contributed by atoms with Gasteiger partial charge in [0.1, 0.15) is 18.1 Å². The second kappa shape index (κ2) is 11.5. The van der Waals surface area contributed by atoms with Gasteiger partial charge in [-0.15, -0.1) is 0 Å². The SMILES string of the molecule is COCCN1CCC(C(=O)OCC(C)(C)c2nc(-c3ccncc3)c(-c3ccc4c(c3)C=CC4=NO)[nH]2)CC1. The molecule has 5 rings (SSSR count). The van der Waals surface area contributed by atoms with E-state index >= 15 is 0 Å². The molecule has 1 aliphatic heterocycles. The van der Waals surface area contributed by atoms with Gasteiger partial charge in [-0.25, -0.2) is 4.98 Å². The largest absolute Gasteiger partial charge is 0.464 e. The van der Waals surface area contributed by atoms with E-state index in [9.17, 15) is 10.0 Å². The summed E-state index contributed by atoms with van der Waals surface area (Å²) in [4.78, 5) is 28.0. The number of piperidine rings is 1. The van der Waals surface area contributed by atoms with Crippen LogP contribution in [0.5, 0.6) is 0 Å². The van der Waals surface area contributed by atoms with Crippen LogP contribution in [0.2, 0.25) is 0 Å². The van der Waals surface area contributed by atoms with Gasteiger partial charge in [0.25, 0.3) is 0 Å². The molecule has 9 heteroatoms. The Hall–Kier alpha value is -3.82. The maximum atomic E-state index is 12.9. The number of nitrogens with one attached hydrogen (secondary N) is 1. The predicted molar refractivity (Wildman–Crippen MR) is 150 cm³/mol. The third-order valence-corrected chi connectivity index (χ3v) is 7.55. The van der Waals surface area contributed by atoms with E-state index in [1.54, 1.807) is 25.6 Å². The first-order valence-corrected chi connectivity index (χ1v) is 13.3. The first-order chi connectivity index (χ1) is 18.9. The smallest absolute Gasteiger partial charge is 0.309 e. The highest BCUT2D eigenvalue weighted by Crippen LogP contribution is 2.35. The van der Waals surface area contributed by atoms with Crippen molar-refractivity contribution in [3.8, 4) is 22.5 Å². The van der Waals surface area contributed by atoms with Gasteiger partial charge < -0.3 is 24.6 Å². The van der Waals surface area contributed by atoms with Crippen LogP contribution in [0.1, 0.15) is 43.6 Å². The summed E-state index contributed by atoms with van der Waals surface area (Å²) in [5, 5.41) is 12.6. The van der Waals surface area contributed by atoms with Crippen molar-refractivity contribution in [2.75, 3.05) is 40.0 Å². The molecule has 2 aliphatic rings. The van der Waals surface area contributed by atoms with Gasteiger partial charge in [0.15, 0.2) is 0 Å². The van der Waals surface area contributed by atoms with Gasteiger partial charge in [0.2, 0.25) is 0 Å². The second-order valence-corrected chi connectivity index (χ2v) is 10.8. The second-order valence-electron chi connectivity index (χ2n) is 10.8. The van der Waals surface area contributed by atoms with Gasteiger partial charge in [-0.1, -0.05) is 23.4 Å². The summed E-state index contributed by atoms with van der Waals surface area (Å²) >= 11 is 0. The summed E-state index contributed by atoms with van der Waals surface area (Å²) in [5.41, 5.74) is 5.40. The lowest BCUT2D eigenvalue weighted by Gasteiger charge is -2.31. The number of aromatic amines is 1. The van der Waals surface area contributed by atoms with Crippen molar-refractivity contribution in [3.05, 3.63) is 65.8 Å². The van der Waals surface area contributed by atoms with Crippen LogP contribution < -0.4 is 0 Å². The zero-order chi connectivity index (χ0) is 27.4. The summed E-state index contributed by atoms with van der Waals surface area (Å²) in [7, 11) is 1.71. The molecule has 2 N–H and O–H groups in total. The fourth-order valence-electron chi connectivity index (χ4n) is 5.11. The summed E-state index contributed by atoms with van der Waals surface area (Å²) in [6, 6.07) is 9.85. The molecule has 0 spiro atoms. The highest BCUT2D eigenvalue weighted by Gasteiger charge is 2.32. The number of allylic oxidation sites excluding steroid dienone is 1. The van der Waals surface area contributed by atoms with Crippen LogP contribution in [0.4, 0.5) is 0 Å². The predicted octanol–water partition coefficient (Wildman–Crippen LogP) is 4.52. The zero-order valence-electron chi connectivity index (χ0n) is 22.7. The van der Waals surface area contributed by atoms with Crippen molar-refractivity contribution in [2.45, 2.75) is 32.1 Å². The molecule has 0 amide bonds. The van der Waals surface area contributed by atoms with Crippen molar-refractivity contribution in [3.63, 3.8) is 0 Å². The number of likely N-dealkylation sites (tertiary alicyclic amines) is 1. The van der Waals surface area contributed by atoms with Crippen LogP contribution >= 0.6 is 0 Å². The van der Waals surface area contributed by atoms with Crippen LogP contribution in [0.15, 0.2) is 54.0 Å². The number of fused-ring (bicyclic) bond motifs is 1. The van der Waals surface area contributed by atoms with E-state index in [1.165, 1.54) is 0 Å². The molecular weight excluding hydrogens is 494 g/mol. The zero-order valence-corrected chi connectivity index (χ0v) is 22.7. The molecule has 3 heterocycles. The quantitative estimate of drug-likeness (QED) is 0.238. The molecule has 204 valence electrons. The number of methoxy groups -OCH3 is 1.